The van der Waals surface area contributed by atoms with Gasteiger partial charge in [0.1, 0.15) is 4.60 Å². The minimum Gasteiger partial charge on any atom is -0.387 e. The lowest BCUT2D eigenvalue weighted by Crippen LogP contribution is -2.28. The summed E-state index contributed by atoms with van der Waals surface area (Å²) >= 11 is 3.22. The van der Waals surface area contributed by atoms with E-state index in [1.807, 2.05) is 31.2 Å². The van der Waals surface area contributed by atoms with Crippen LogP contribution in [-0.2, 0) is 0 Å². The summed E-state index contributed by atoms with van der Waals surface area (Å²) < 4.78 is 0.488. The van der Waals surface area contributed by atoms with Crippen LogP contribution in [0.3, 0.4) is 0 Å². The Kier molecular flexibility index (Phi) is 4.87. The largest absolute Gasteiger partial charge is 0.387 e. The highest BCUT2D eigenvalue weighted by Gasteiger charge is 2.13. The zero-order valence-corrected chi connectivity index (χ0v) is 12.6. The number of nitrogens with one attached hydrogen (secondary N) is 1. The fraction of sp³-hybridized carbons (Fsp3) is 0.200. The smallest absolute Gasteiger partial charge is 0.254 e. The van der Waals surface area contributed by atoms with Crippen molar-refractivity contribution in [3.63, 3.8) is 0 Å². The van der Waals surface area contributed by atoms with Crippen molar-refractivity contribution >= 4 is 21.8 Å². The van der Waals surface area contributed by atoms with Crippen molar-refractivity contribution in [2.45, 2.75) is 13.0 Å². The summed E-state index contributed by atoms with van der Waals surface area (Å²) in [4.78, 5) is 16.0. The molecule has 0 saturated carbocycles. The molecule has 5 heteroatoms. The van der Waals surface area contributed by atoms with Gasteiger partial charge in [-0.15, -0.1) is 0 Å². The lowest BCUT2D eigenvalue weighted by Gasteiger charge is -2.13. The quantitative estimate of drug-likeness (QED) is 0.845. The van der Waals surface area contributed by atoms with Crippen LogP contribution in [0.15, 0.2) is 47.2 Å². The molecule has 1 aromatic carbocycles. The molecule has 2 N–H and O–H groups in total. The van der Waals surface area contributed by atoms with Gasteiger partial charge in [0.25, 0.3) is 5.91 Å². The standard InChI is InChI=1S/C15H15BrN2O2/c1-10-4-6-11(7-5-10)13(19)9-18-15(20)12-3-2-8-17-14(12)16/h2-8,13,19H,9H2,1H3,(H,18,20). The second-order valence-electron chi connectivity index (χ2n) is 4.48. The Morgan fingerprint density at radius 3 is 2.70 bits per heavy atom. The first-order valence-electron chi connectivity index (χ1n) is 6.21. The number of benzene rings is 1. The molecule has 0 aliphatic rings. The Balaban J connectivity index is 1.97. The molecule has 0 spiro atoms. The Bertz CT molecular complexity index is 599. The predicted octanol–water partition coefficient (Wildman–Crippen LogP) is 2.62. The molecule has 0 bridgehead atoms. The first kappa shape index (κ1) is 14.7. The van der Waals surface area contributed by atoms with Crippen LogP contribution in [0.25, 0.3) is 0 Å². The summed E-state index contributed by atoms with van der Waals surface area (Å²) in [5, 5.41) is 12.7. The molecule has 2 rings (SSSR count). The Labute approximate surface area is 126 Å². The van der Waals surface area contributed by atoms with E-state index >= 15 is 0 Å². The predicted molar refractivity (Wildman–Crippen MR) is 80.4 cm³/mol. The molecular formula is C15H15BrN2O2. The minimum atomic E-state index is -0.727. The van der Waals surface area contributed by atoms with Crippen molar-refractivity contribution < 1.29 is 9.90 Å². The molecule has 0 aliphatic heterocycles. The van der Waals surface area contributed by atoms with Crippen molar-refractivity contribution in [1.82, 2.24) is 10.3 Å². The number of hydrogen-bond donors (Lipinski definition) is 2. The molecule has 0 saturated heterocycles. The van der Waals surface area contributed by atoms with Crippen LogP contribution in [0.4, 0.5) is 0 Å². The third-order valence-electron chi connectivity index (χ3n) is 2.92. The molecule has 0 fully saturated rings. The molecule has 104 valence electrons. The third-order valence-corrected chi connectivity index (χ3v) is 3.55. The maximum atomic E-state index is 12.0. The number of hydrogen-bond acceptors (Lipinski definition) is 3. The number of halogens is 1. The number of carbonyl (C=O) groups is 1. The normalized spacial score (nSPS) is 11.9. The Morgan fingerprint density at radius 1 is 1.35 bits per heavy atom. The molecule has 4 nitrogen and oxygen atoms in total. The SMILES string of the molecule is Cc1ccc(C(O)CNC(=O)c2cccnc2Br)cc1. The second-order valence-corrected chi connectivity index (χ2v) is 5.23. The first-order valence-corrected chi connectivity index (χ1v) is 7.00. The zero-order chi connectivity index (χ0) is 14.5. The van der Waals surface area contributed by atoms with Gasteiger partial charge in [-0.3, -0.25) is 4.79 Å². The van der Waals surface area contributed by atoms with Gasteiger partial charge in [-0.1, -0.05) is 29.8 Å². The monoisotopic (exact) mass is 334 g/mol. The third kappa shape index (κ3) is 3.65. The van der Waals surface area contributed by atoms with Crippen molar-refractivity contribution in [1.29, 1.82) is 0 Å². The molecule has 20 heavy (non-hydrogen) atoms. The molecule has 0 radical (unpaired) electrons. The van der Waals surface area contributed by atoms with E-state index in [1.54, 1.807) is 18.3 Å². The van der Waals surface area contributed by atoms with Crippen LogP contribution >= 0.6 is 15.9 Å². The molecule has 1 aromatic heterocycles. The first-order chi connectivity index (χ1) is 9.58. The summed E-state index contributed by atoms with van der Waals surface area (Å²) in [7, 11) is 0. The highest BCUT2D eigenvalue weighted by atomic mass is 79.9. The molecule has 1 amide bonds. The van der Waals surface area contributed by atoms with E-state index < -0.39 is 6.10 Å². The maximum Gasteiger partial charge on any atom is 0.254 e. The molecule has 1 atom stereocenters. The van der Waals surface area contributed by atoms with Crippen LogP contribution in [0, 0.1) is 6.92 Å². The van der Waals surface area contributed by atoms with Gasteiger partial charge in [0, 0.05) is 12.7 Å². The van der Waals surface area contributed by atoms with E-state index in [9.17, 15) is 9.90 Å². The van der Waals surface area contributed by atoms with Crippen molar-refractivity contribution in [3.8, 4) is 0 Å². The highest BCUT2D eigenvalue weighted by Crippen LogP contribution is 2.14. The van der Waals surface area contributed by atoms with E-state index in [0.717, 1.165) is 11.1 Å². The van der Waals surface area contributed by atoms with Gasteiger partial charge < -0.3 is 10.4 Å². The summed E-state index contributed by atoms with van der Waals surface area (Å²) in [6, 6.07) is 10.9. The minimum absolute atomic E-state index is 0.156. The number of aromatic nitrogens is 1. The van der Waals surface area contributed by atoms with Crippen LogP contribution in [0.2, 0.25) is 0 Å². The summed E-state index contributed by atoms with van der Waals surface area (Å²) in [6.07, 6.45) is 0.872. The number of aryl methyl sites for hydroxylation is 1. The summed E-state index contributed by atoms with van der Waals surface area (Å²) in [6.45, 7) is 2.14. The number of carbonyl (C=O) groups excluding carboxylic acids is 1. The topological polar surface area (TPSA) is 62.2 Å². The Hall–Kier alpha value is -1.72. The second kappa shape index (κ2) is 6.63. The zero-order valence-electron chi connectivity index (χ0n) is 11.0. The van der Waals surface area contributed by atoms with Crippen molar-refractivity contribution in [3.05, 3.63) is 63.9 Å². The van der Waals surface area contributed by atoms with Gasteiger partial charge in [-0.05, 0) is 40.5 Å². The van der Waals surface area contributed by atoms with Gasteiger partial charge in [-0.25, -0.2) is 4.98 Å². The lowest BCUT2D eigenvalue weighted by molar-refractivity contribution is 0.0915. The van der Waals surface area contributed by atoms with Crippen LogP contribution in [0.5, 0.6) is 0 Å². The molecular weight excluding hydrogens is 320 g/mol. The number of nitrogens with zero attached hydrogens (tertiary/aromatic N) is 1. The fourth-order valence-corrected chi connectivity index (χ4v) is 2.18. The van der Waals surface area contributed by atoms with Crippen molar-refractivity contribution in [2.75, 3.05) is 6.54 Å². The summed E-state index contributed by atoms with van der Waals surface area (Å²) in [5.74, 6) is -0.267. The van der Waals surface area contributed by atoms with E-state index in [0.29, 0.717) is 10.2 Å². The van der Waals surface area contributed by atoms with E-state index in [2.05, 4.69) is 26.2 Å². The number of pyridine rings is 1. The number of aliphatic hydroxyl groups excluding tert-OH is 1. The van der Waals surface area contributed by atoms with Crippen molar-refractivity contribution in [2.24, 2.45) is 0 Å². The van der Waals surface area contributed by atoms with Gasteiger partial charge in [-0.2, -0.15) is 0 Å². The molecule has 1 heterocycles. The Morgan fingerprint density at radius 2 is 2.05 bits per heavy atom. The van der Waals surface area contributed by atoms with Crippen LogP contribution in [-0.4, -0.2) is 22.5 Å². The molecule has 0 aliphatic carbocycles. The van der Waals surface area contributed by atoms with Crippen LogP contribution in [0.1, 0.15) is 27.6 Å². The van der Waals surface area contributed by atoms with Gasteiger partial charge >= 0.3 is 0 Å². The maximum absolute atomic E-state index is 12.0. The van der Waals surface area contributed by atoms with Gasteiger partial charge in [0.2, 0.25) is 0 Å². The number of rotatable bonds is 4. The summed E-state index contributed by atoms with van der Waals surface area (Å²) in [5.41, 5.74) is 2.36. The fourth-order valence-electron chi connectivity index (χ4n) is 1.75. The highest BCUT2D eigenvalue weighted by molar-refractivity contribution is 9.10. The average Bonchev–Trinajstić information content (AvgIpc) is 2.45. The van der Waals surface area contributed by atoms with Gasteiger partial charge in [0.05, 0.1) is 11.7 Å². The van der Waals surface area contributed by atoms with E-state index in [4.69, 9.17) is 0 Å². The molecule has 2 aromatic rings. The number of amides is 1. The average molecular weight is 335 g/mol. The lowest BCUT2D eigenvalue weighted by atomic mass is 10.1. The number of aliphatic hydroxyl groups is 1. The van der Waals surface area contributed by atoms with E-state index in [1.165, 1.54) is 0 Å². The van der Waals surface area contributed by atoms with E-state index in [-0.39, 0.29) is 12.5 Å². The van der Waals surface area contributed by atoms with Crippen LogP contribution < -0.4 is 5.32 Å². The van der Waals surface area contributed by atoms with Gasteiger partial charge in [0.15, 0.2) is 0 Å². The molecule has 1 unspecified atom stereocenters.